The van der Waals surface area contributed by atoms with Crippen LogP contribution in [0.15, 0.2) is 23.0 Å². The predicted molar refractivity (Wildman–Crippen MR) is 48.1 cm³/mol. The average molecular weight is 166 g/mol. The summed E-state index contributed by atoms with van der Waals surface area (Å²) >= 11 is 1.59. The van der Waals surface area contributed by atoms with Crippen molar-refractivity contribution in [3.05, 3.63) is 28.0 Å². The molecule has 3 heteroatoms. The summed E-state index contributed by atoms with van der Waals surface area (Å²) in [4.78, 5) is 4.12. The Bertz CT molecular complexity index is 288. The van der Waals surface area contributed by atoms with Crippen LogP contribution in [0.25, 0.3) is 5.57 Å². The molecule has 0 bridgehead atoms. The van der Waals surface area contributed by atoms with Crippen molar-refractivity contribution in [3.63, 3.8) is 0 Å². The van der Waals surface area contributed by atoms with Crippen molar-refractivity contribution in [3.8, 4) is 0 Å². The summed E-state index contributed by atoms with van der Waals surface area (Å²) in [5.41, 5.74) is 10.2. The standard InChI is InChI=1S/C8H10N2S/c1-6(5-7(2)9)8-10-3-4-11-8/h3-4H,9H2,1-2H3. The Hall–Kier alpha value is -1.05. The molecule has 0 aliphatic carbocycles. The quantitative estimate of drug-likeness (QED) is 0.648. The van der Waals surface area contributed by atoms with Gasteiger partial charge in [-0.05, 0) is 13.8 Å². The summed E-state index contributed by atoms with van der Waals surface area (Å²) in [6.45, 7) is 3.77. The van der Waals surface area contributed by atoms with Crippen molar-refractivity contribution >= 4 is 16.9 Å². The van der Waals surface area contributed by atoms with Crippen molar-refractivity contribution < 1.29 is 0 Å². The van der Waals surface area contributed by atoms with E-state index in [0.717, 1.165) is 10.6 Å². The molecule has 0 unspecified atom stereocenters. The van der Waals surface area contributed by atoms with E-state index in [1.807, 2.05) is 19.2 Å². The number of nitrogens with zero attached hydrogens (tertiary/aromatic N) is 1. The first kappa shape index (κ1) is 8.05. The Kier molecular flexibility index (Phi) is 2.47. The summed E-state index contributed by atoms with van der Waals surface area (Å²) in [7, 11) is 0. The van der Waals surface area contributed by atoms with Crippen molar-refractivity contribution in [1.29, 1.82) is 0 Å². The minimum absolute atomic E-state index is 0.692. The number of allylic oxidation sites excluding steroid dienone is 1. The maximum atomic E-state index is 5.46. The summed E-state index contributed by atoms with van der Waals surface area (Å²) in [5.74, 6) is 0. The van der Waals surface area contributed by atoms with Gasteiger partial charge in [0.15, 0.2) is 0 Å². The van der Waals surface area contributed by atoms with Crippen molar-refractivity contribution in [2.75, 3.05) is 0 Å². The van der Waals surface area contributed by atoms with Crippen LogP contribution in [0.5, 0.6) is 0 Å². The molecule has 1 aromatic rings. The number of rotatable bonds is 1. The molecule has 0 saturated carbocycles. The fourth-order valence-electron chi connectivity index (χ4n) is 0.758. The summed E-state index contributed by atoms with van der Waals surface area (Å²) in [5, 5.41) is 2.92. The highest BCUT2D eigenvalue weighted by molar-refractivity contribution is 7.10. The van der Waals surface area contributed by atoms with Gasteiger partial charge in [-0.3, -0.25) is 0 Å². The number of hydrogen-bond acceptors (Lipinski definition) is 3. The molecule has 0 aliphatic heterocycles. The number of aromatic nitrogens is 1. The molecule has 1 rings (SSSR count). The first-order valence-electron chi connectivity index (χ1n) is 3.29. The van der Waals surface area contributed by atoms with Crippen LogP contribution in [-0.4, -0.2) is 4.98 Å². The predicted octanol–water partition coefficient (Wildman–Crippen LogP) is 2.01. The van der Waals surface area contributed by atoms with Crippen LogP contribution in [0.3, 0.4) is 0 Å². The lowest BCUT2D eigenvalue weighted by atomic mass is 10.3. The Morgan fingerprint density at radius 2 is 2.36 bits per heavy atom. The van der Waals surface area contributed by atoms with Crippen LogP contribution in [0.1, 0.15) is 18.9 Å². The van der Waals surface area contributed by atoms with Gasteiger partial charge in [0.25, 0.3) is 0 Å². The summed E-state index contributed by atoms with van der Waals surface area (Å²) in [6, 6.07) is 0. The molecule has 2 N–H and O–H groups in total. The molecule has 0 atom stereocenters. The fourth-order valence-corrected chi connectivity index (χ4v) is 1.36. The highest BCUT2D eigenvalue weighted by atomic mass is 32.1. The average Bonchev–Trinajstić information content (AvgIpc) is 2.35. The maximum absolute atomic E-state index is 5.46. The molecule has 58 valence electrons. The zero-order valence-electron chi connectivity index (χ0n) is 6.59. The molecule has 0 aliphatic rings. The Morgan fingerprint density at radius 1 is 1.64 bits per heavy atom. The van der Waals surface area contributed by atoms with Gasteiger partial charge < -0.3 is 5.73 Å². The number of thiazole rings is 1. The Labute approximate surface area is 70.1 Å². The van der Waals surface area contributed by atoms with Crippen LogP contribution in [0, 0.1) is 0 Å². The van der Waals surface area contributed by atoms with Gasteiger partial charge in [0, 0.05) is 22.8 Å². The second kappa shape index (κ2) is 3.37. The molecule has 0 amide bonds. The van der Waals surface area contributed by atoms with Gasteiger partial charge in [-0.2, -0.15) is 0 Å². The van der Waals surface area contributed by atoms with Gasteiger partial charge in [-0.25, -0.2) is 4.98 Å². The molecule has 0 aromatic carbocycles. The Morgan fingerprint density at radius 3 is 2.82 bits per heavy atom. The van der Waals surface area contributed by atoms with Gasteiger partial charge >= 0.3 is 0 Å². The van der Waals surface area contributed by atoms with Gasteiger partial charge in [-0.15, -0.1) is 11.3 Å². The van der Waals surface area contributed by atoms with Crippen LogP contribution < -0.4 is 5.73 Å². The molecule has 0 saturated heterocycles. The van der Waals surface area contributed by atoms with Crippen molar-refractivity contribution in [2.45, 2.75) is 13.8 Å². The number of nitrogens with two attached hydrogens (primary N) is 1. The highest BCUT2D eigenvalue weighted by Crippen LogP contribution is 2.14. The normalized spacial score (nSPS) is 8.91. The van der Waals surface area contributed by atoms with E-state index >= 15 is 0 Å². The largest absolute Gasteiger partial charge is 0.396 e. The van der Waals surface area contributed by atoms with E-state index in [9.17, 15) is 0 Å². The van der Waals surface area contributed by atoms with Crippen molar-refractivity contribution in [2.24, 2.45) is 5.73 Å². The van der Waals surface area contributed by atoms with E-state index in [4.69, 9.17) is 5.73 Å². The zero-order chi connectivity index (χ0) is 8.27. The second-order valence-electron chi connectivity index (χ2n) is 2.27. The van der Waals surface area contributed by atoms with E-state index in [0.29, 0.717) is 5.70 Å². The lowest BCUT2D eigenvalue weighted by Gasteiger charge is -1.88. The smallest absolute Gasteiger partial charge is 0.126 e. The third kappa shape index (κ3) is 2.22. The topological polar surface area (TPSA) is 38.9 Å². The third-order valence-corrected chi connectivity index (χ3v) is 2.03. The fraction of sp³-hybridized carbons (Fsp3) is 0.250. The van der Waals surface area contributed by atoms with E-state index in [1.165, 1.54) is 0 Å². The van der Waals surface area contributed by atoms with E-state index in [2.05, 4.69) is 10.7 Å². The minimum atomic E-state index is 0.692. The van der Waals surface area contributed by atoms with E-state index in [1.54, 1.807) is 17.5 Å². The highest BCUT2D eigenvalue weighted by Gasteiger charge is 1.95. The zero-order valence-corrected chi connectivity index (χ0v) is 7.40. The first-order valence-corrected chi connectivity index (χ1v) is 4.17. The third-order valence-electron chi connectivity index (χ3n) is 1.14. The van der Waals surface area contributed by atoms with Gasteiger partial charge in [-0.1, -0.05) is 5.73 Å². The summed E-state index contributed by atoms with van der Waals surface area (Å²) < 4.78 is 0. The SMILES string of the molecule is CC(N)=C=C(C)c1nccs1. The lowest BCUT2D eigenvalue weighted by Crippen LogP contribution is -1.87. The minimum Gasteiger partial charge on any atom is -0.396 e. The van der Waals surface area contributed by atoms with Crippen LogP contribution in [0.2, 0.25) is 0 Å². The van der Waals surface area contributed by atoms with E-state index in [-0.39, 0.29) is 0 Å². The molecule has 0 radical (unpaired) electrons. The van der Waals surface area contributed by atoms with Gasteiger partial charge in [0.05, 0.1) is 0 Å². The van der Waals surface area contributed by atoms with Crippen molar-refractivity contribution in [1.82, 2.24) is 4.98 Å². The maximum Gasteiger partial charge on any atom is 0.126 e. The molecule has 0 spiro atoms. The van der Waals surface area contributed by atoms with Gasteiger partial charge in [0.2, 0.25) is 0 Å². The molecular weight excluding hydrogens is 156 g/mol. The lowest BCUT2D eigenvalue weighted by molar-refractivity contribution is 1.31. The van der Waals surface area contributed by atoms with E-state index < -0.39 is 0 Å². The molecule has 11 heavy (non-hydrogen) atoms. The van der Waals surface area contributed by atoms with Crippen LogP contribution in [-0.2, 0) is 0 Å². The molecule has 1 aromatic heterocycles. The van der Waals surface area contributed by atoms with Gasteiger partial charge in [0.1, 0.15) is 5.01 Å². The Balaban J connectivity index is 3.05. The van der Waals surface area contributed by atoms with Crippen LogP contribution in [0.4, 0.5) is 0 Å². The monoisotopic (exact) mass is 166 g/mol. The molecular formula is C8H10N2S. The second-order valence-corrected chi connectivity index (χ2v) is 3.16. The number of hydrogen-bond donors (Lipinski definition) is 1. The molecule has 0 fully saturated rings. The first-order chi connectivity index (χ1) is 5.20. The van der Waals surface area contributed by atoms with Crippen LogP contribution >= 0.6 is 11.3 Å². The molecule has 1 heterocycles. The summed E-state index contributed by atoms with van der Waals surface area (Å²) in [6.07, 6.45) is 1.77. The molecule has 2 nitrogen and oxygen atoms in total.